The van der Waals surface area contributed by atoms with Gasteiger partial charge >= 0.3 is 0 Å². The lowest BCUT2D eigenvalue weighted by atomic mass is 10.1. The summed E-state index contributed by atoms with van der Waals surface area (Å²) in [7, 11) is 1.92. The monoisotopic (exact) mass is 290 g/mol. The standard InChI is InChI=1S/C17H14N4O/c1-21-10-20-17-16(21)15(8-9-19-17)22-14-7-6-13(18)11-4-2-3-5-12(11)14/h2-10H,18H2,1H3. The number of benzene rings is 2. The Hall–Kier alpha value is -3.08. The predicted octanol–water partition coefficient (Wildman–Crippen LogP) is 3.50. The SMILES string of the molecule is Cn1cnc2nccc(Oc3ccc(N)c4ccccc34)c21. The summed E-state index contributed by atoms with van der Waals surface area (Å²) >= 11 is 0. The van der Waals surface area contributed by atoms with Crippen LogP contribution in [0.4, 0.5) is 5.69 Å². The van der Waals surface area contributed by atoms with Crippen molar-refractivity contribution in [2.45, 2.75) is 0 Å². The van der Waals surface area contributed by atoms with Crippen LogP contribution < -0.4 is 10.5 Å². The van der Waals surface area contributed by atoms with E-state index in [0.29, 0.717) is 5.65 Å². The highest BCUT2D eigenvalue weighted by molar-refractivity contribution is 5.97. The third kappa shape index (κ3) is 1.87. The van der Waals surface area contributed by atoms with Gasteiger partial charge in [-0.05, 0) is 12.1 Å². The van der Waals surface area contributed by atoms with Gasteiger partial charge in [0.1, 0.15) is 11.3 Å². The van der Waals surface area contributed by atoms with Gasteiger partial charge in [0.2, 0.25) is 0 Å². The number of hydrogen-bond acceptors (Lipinski definition) is 4. The van der Waals surface area contributed by atoms with Crippen molar-refractivity contribution in [2.24, 2.45) is 7.05 Å². The molecule has 0 atom stereocenters. The lowest BCUT2D eigenvalue weighted by molar-refractivity contribution is 0.491. The van der Waals surface area contributed by atoms with Crippen LogP contribution in [-0.2, 0) is 7.05 Å². The number of imidazole rings is 1. The molecule has 0 amide bonds. The zero-order chi connectivity index (χ0) is 15.1. The lowest BCUT2D eigenvalue weighted by Crippen LogP contribution is -1.94. The maximum Gasteiger partial charge on any atom is 0.181 e. The largest absolute Gasteiger partial charge is 0.454 e. The van der Waals surface area contributed by atoms with Gasteiger partial charge in [-0.2, -0.15) is 0 Å². The molecule has 0 unspecified atom stereocenters. The molecule has 2 N–H and O–H groups in total. The Bertz CT molecular complexity index is 990. The Morgan fingerprint density at radius 3 is 2.64 bits per heavy atom. The van der Waals surface area contributed by atoms with Crippen molar-refractivity contribution in [3.8, 4) is 11.5 Å². The second kappa shape index (κ2) is 4.73. The zero-order valence-corrected chi connectivity index (χ0v) is 12.0. The quantitative estimate of drug-likeness (QED) is 0.574. The second-order valence-electron chi connectivity index (χ2n) is 5.14. The number of ether oxygens (including phenoxy) is 1. The molecular weight excluding hydrogens is 276 g/mol. The summed E-state index contributed by atoms with van der Waals surface area (Å²) in [6.07, 6.45) is 3.43. The van der Waals surface area contributed by atoms with Gasteiger partial charge in [-0.15, -0.1) is 0 Å². The molecule has 0 aliphatic rings. The van der Waals surface area contributed by atoms with Crippen LogP contribution >= 0.6 is 0 Å². The molecule has 4 rings (SSSR count). The van der Waals surface area contributed by atoms with Crippen molar-refractivity contribution in [2.75, 3.05) is 5.73 Å². The molecular formula is C17H14N4O. The van der Waals surface area contributed by atoms with E-state index in [4.69, 9.17) is 10.5 Å². The number of nitrogen functional groups attached to an aromatic ring is 1. The van der Waals surface area contributed by atoms with Crippen LogP contribution in [0.3, 0.4) is 0 Å². The van der Waals surface area contributed by atoms with E-state index in [0.717, 1.165) is 33.5 Å². The average Bonchev–Trinajstić information content (AvgIpc) is 2.93. The number of pyridine rings is 1. The van der Waals surface area contributed by atoms with Gasteiger partial charge in [-0.3, -0.25) is 0 Å². The van der Waals surface area contributed by atoms with Crippen LogP contribution in [-0.4, -0.2) is 14.5 Å². The lowest BCUT2D eigenvalue weighted by Gasteiger charge is -2.11. The molecule has 22 heavy (non-hydrogen) atoms. The fourth-order valence-electron chi connectivity index (χ4n) is 2.64. The van der Waals surface area contributed by atoms with E-state index < -0.39 is 0 Å². The molecule has 0 aliphatic heterocycles. The third-order valence-corrected chi connectivity index (χ3v) is 3.71. The Balaban J connectivity index is 1.90. The third-order valence-electron chi connectivity index (χ3n) is 3.71. The first-order valence-electron chi connectivity index (χ1n) is 6.95. The van der Waals surface area contributed by atoms with Crippen LogP contribution in [0.25, 0.3) is 21.9 Å². The highest BCUT2D eigenvalue weighted by atomic mass is 16.5. The number of hydrogen-bond donors (Lipinski definition) is 1. The summed E-state index contributed by atoms with van der Waals surface area (Å²) in [5, 5.41) is 1.96. The summed E-state index contributed by atoms with van der Waals surface area (Å²) in [5.41, 5.74) is 8.31. The Morgan fingerprint density at radius 2 is 1.77 bits per heavy atom. The van der Waals surface area contributed by atoms with E-state index in [2.05, 4.69) is 9.97 Å². The van der Waals surface area contributed by atoms with E-state index >= 15 is 0 Å². The van der Waals surface area contributed by atoms with Gasteiger partial charge in [-0.25, -0.2) is 9.97 Å². The maximum atomic E-state index is 6.14. The summed E-state index contributed by atoms with van der Waals surface area (Å²) in [6, 6.07) is 13.5. The van der Waals surface area contributed by atoms with Crippen molar-refractivity contribution in [1.82, 2.24) is 14.5 Å². The number of nitrogens with zero attached hydrogens (tertiary/aromatic N) is 3. The molecule has 0 saturated heterocycles. The van der Waals surface area contributed by atoms with E-state index in [-0.39, 0.29) is 0 Å². The molecule has 0 radical (unpaired) electrons. The Morgan fingerprint density at radius 1 is 0.955 bits per heavy atom. The highest BCUT2D eigenvalue weighted by Crippen LogP contribution is 2.35. The summed E-state index contributed by atoms with van der Waals surface area (Å²) in [6.45, 7) is 0. The fourth-order valence-corrected chi connectivity index (χ4v) is 2.64. The molecule has 0 saturated carbocycles. The molecule has 0 bridgehead atoms. The van der Waals surface area contributed by atoms with Crippen molar-refractivity contribution >= 4 is 27.6 Å². The van der Waals surface area contributed by atoms with Crippen LogP contribution in [0.2, 0.25) is 0 Å². The zero-order valence-electron chi connectivity index (χ0n) is 12.0. The molecule has 2 heterocycles. The average molecular weight is 290 g/mol. The highest BCUT2D eigenvalue weighted by Gasteiger charge is 2.11. The fraction of sp³-hybridized carbons (Fsp3) is 0.0588. The van der Waals surface area contributed by atoms with Crippen molar-refractivity contribution < 1.29 is 4.74 Å². The molecule has 2 aromatic heterocycles. The number of anilines is 1. The smallest absolute Gasteiger partial charge is 0.181 e. The number of nitrogens with two attached hydrogens (primary N) is 1. The number of aromatic nitrogens is 3. The molecule has 0 spiro atoms. The minimum Gasteiger partial charge on any atom is -0.454 e. The topological polar surface area (TPSA) is 66.0 Å². The predicted molar refractivity (Wildman–Crippen MR) is 86.9 cm³/mol. The first-order valence-corrected chi connectivity index (χ1v) is 6.95. The summed E-state index contributed by atoms with van der Waals surface area (Å²) < 4.78 is 8.04. The number of rotatable bonds is 2. The van der Waals surface area contributed by atoms with Gasteiger partial charge in [0.15, 0.2) is 11.4 Å². The number of aryl methyl sites for hydroxylation is 1. The van der Waals surface area contributed by atoms with E-state index in [1.54, 1.807) is 12.5 Å². The van der Waals surface area contributed by atoms with Gasteiger partial charge < -0.3 is 15.0 Å². The van der Waals surface area contributed by atoms with Crippen molar-refractivity contribution in [3.05, 3.63) is 55.0 Å². The minimum absolute atomic E-state index is 0.666. The van der Waals surface area contributed by atoms with Crippen LogP contribution in [0.1, 0.15) is 0 Å². The molecule has 5 nitrogen and oxygen atoms in total. The van der Waals surface area contributed by atoms with E-state index in [1.807, 2.05) is 54.1 Å². The van der Waals surface area contributed by atoms with Crippen molar-refractivity contribution in [1.29, 1.82) is 0 Å². The molecule has 0 aliphatic carbocycles. The van der Waals surface area contributed by atoms with Gasteiger partial charge in [0.05, 0.1) is 6.33 Å². The molecule has 2 aromatic carbocycles. The molecule has 108 valence electrons. The molecule has 5 heteroatoms. The summed E-state index contributed by atoms with van der Waals surface area (Å²) in [5.74, 6) is 1.48. The van der Waals surface area contributed by atoms with Crippen LogP contribution in [0, 0.1) is 0 Å². The van der Waals surface area contributed by atoms with Crippen LogP contribution in [0.15, 0.2) is 55.0 Å². The van der Waals surface area contributed by atoms with Gasteiger partial charge in [-0.1, -0.05) is 24.3 Å². The normalized spacial score (nSPS) is 11.1. The van der Waals surface area contributed by atoms with Gasteiger partial charge in [0.25, 0.3) is 0 Å². The summed E-state index contributed by atoms with van der Waals surface area (Å²) in [4.78, 5) is 8.50. The first kappa shape index (κ1) is 12.6. The molecule has 4 aromatic rings. The van der Waals surface area contributed by atoms with E-state index in [1.165, 1.54) is 0 Å². The first-order chi connectivity index (χ1) is 10.7. The maximum absolute atomic E-state index is 6.14. The number of fused-ring (bicyclic) bond motifs is 2. The van der Waals surface area contributed by atoms with Crippen molar-refractivity contribution in [3.63, 3.8) is 0 Å². The van der Waals surface area contributed by atoms with Gasteiger partial charge in [0, 0.05) is 35.8 Å². The minimum atomic E-state index is 0.666. The van der Waals surface area contributed by atoms with E-state index in [9.17, 15) is 0 Å². The molecule has 0 fully saturated rings. The Kier molecular flexibility index (Phi) is 2.72. The van der Waals surface area contributed by atoms with Crippen LogP contribution in [0.5, 0.6) is 11.5 Å². The second-order valence-corrected chi connectivity index (χ2v) is 5.14. The Labute approximate surface area is 127 Å².